The summed E-state index contributed by atoms with van der Waals surface area (Å²) in [6.45, 7) is -0.129. The van der Waals surface area contributed by atoms with Crippen LogP contribution in [0.15, 0.2) is 24.3 Å². The molecule has 0 spiro atoms. The smallest absolute Gasteiger partial charge is 0.437 e. The molecule has 18 heavy (non-hydrogen) atoms. The monoisotopic (exact) mass is 276 g/mol. The highest BCUT2D eigenvalue weighted by Gasteiger charge is 2.70. The third-order valence-corrected chi connectivity index (χ3v) is 2.22. The Balaban J connectivity index is 3.12. The Bertz CT molecular complexity index is 390. The first-order chi connectivity index (χ1) is 7.97. The zero-order chi connectivity index (χ0) is 14.2. The molecule has 0 aliphatic carbocycles. The lowest BCUT2D eigenvalue weighted by molar-refractivity contribution is -0.350. The number of benzene rings is 1. The van der Waals surface area contributed by atoms with Crippen molar-refractivity contribution in [2.45, 2.75) is 24.9 Å². The fourth-order valence-electron chi connectivity index (χ4n) is 1.01. The number of alkyl halides is 6. The topological polar surface area (TPSA) is 9.23 Å². The highest BCUT2D eigenvalue weighted by molar-refractivity contribution is 5.23. The molecular formula is C10H7F7O. The van der Waals surface area contributed by atoms with Crippen molar-refractivity contribution >= 4 is 0 Å². The van der Waals surface area contributed by atoms with Crippen LogP contribution in [0.5, 0.6) is 5.75 Å². The van der Waals surface area contributed by atoms with Gasteiger partial charge in [0, 0.05) is 0 Å². The SMILES string of the molecule is CC(Oc1ccc(F)cc1)(C(F)(F)F)C(F)(F)F. The van der Waals surface area contributed by atoms with Crippen molar-refractivity contribution in [3.05, 3.63) is 30.1 Å². The van der Waals surface area contributed by atoms with Gasteiger partial charge in [0.25, 0.3) is 5.60 Å². The molecule has 102 valence electrons. The highest BCUT2D eigenvalue weighted by atomic mass is 19.4. The lowest BCUT2D eigenvalue weighted by Crippen LogP contribution is -2.58. The molecule has 0 atom stereocenters. The van der Waals surface area contributed by atoms with Crippen molar-refractivity contribution < 1.29 is 35.5 Å². The molecule has 1 rings (SSSR count). The van der Waals surface area contributed by atoms with Gasteiger partial charge < -0.3 is 4.74 Å². The van der Waals surface area contributed by atoms with Gasteiger partial charge in [-0.05, 0) is 31.2 Å². The summed E-state index contributed by atoms with van der Waals surface area (Å²) < 4.78 is 91.1. The minimum absolute atomic E-state index is 0.129. The van der Waals surface area contributed by atoms with Crippen molar-refractivity contribution in [1.82, 2.24) is 0 Å². The molecule has 0 aromatic heterocycles. The summed E-state index contributed by atoms with van der Waals surface area (Å²) in [6, 6.07) is 2.77. The van der Waals surface area contributed by atoms with Crippen molar-refractivity contribution in [2.75, 3.05) is 0 Å². The molecule has 0 amide bonds. The van der Waals surface area contributed by atoms with E-state index < -0.39 is 29.5 Å². The third kappa shape index (κ3) is 2.68. The van der Waals surface area contributed by atoms with E-state index in [1.165, 1.54) is 0 Å². The zero-order valence-electron chi connectivity index (χ0n) is 8.86. The Kier molecular flexibility index (Phi) is 3.51. The normalized spacial score (nSPS) is 13.6. The van der Waals surface area contributed by atoms with E-state index in [0.29, 0.717) is 24.3 Å². The van der Waals surface area contributed by atoms with Crippen LogP contribution in [-0.2, 0) is 0 Å². The summed E-state index contributed by atoms with van der Waals surface area (Å²) in [5, 5.41) is 0. The van der Waals surface area contributed by atoms with Crippen LogP contribution in [0.3, 0.4) is 0 Å². The van der Waals surface area contributed by atoms with Crippen LogP contribution in [0.2, 0.25) is 0 Å². The van der Waals surface area contributed by atoms with Crippen LogP contribution in [0.1, 0.15) is 6.92 Å². The van der Waals surface area contributed by atoms with Gasteiger partial charge in [0.1, 0.15) is 11.6 Å². The summed E-state index contributed by atoms with van der Waals surface area (Å²) in [6.07, 6.45) is -11.3. The Morgan fingerprint density at radius 3 is 1.56 bits per heavy atom. The Hall–Kier alpha value is -1.47. The molecule has 0 aliphatic heterocycles. The van der Waals surface area contributed by atoms with E-state index in [1.54, 1.807) is 0 Å². The van der Waals surface area contributed by atoms with Gasteiger partial charge in [-0.15, -0.1) is 0 Å². The van der Waals surface area contributed by atoms with Gasteiger partial charge in [-0.1, -0.05) is 0 Å². The second kappa shape index (κ2) is 4.33. The van der Waals surface area contributed by atoms with Crippen LogP contribution in [0.4, 0.5) is 30.7 Å². The Labute approximate surface area is 97.2 Å². The molecule has 1 aromatic rings. The van der Waals surface area contributed by atoms with Crippen LogP contribution >= 0.6 is 0 Å². The number of rotatable bonds is 2. The van der Waals surface area contributed by atoms with Gasteiger partial charge >= 0.3 is 12.4 Å². The van der Waals surface area contributed by atoms with E-state index in [9.17, 15) is 30.7 Å². The molecule has 0 saturated carbocycles. The van der Waals surface area contributed by atoms with E-state index in [1.807, 2.05) is 0 Å². The molecule has 1 aromatic carbocycles. The molecule has 0 bridgehead atoms. The molecule has 0 aliphatic rings. The standard InChI is InChI=1S/C10H7F7O/c1-8(9(12,13)14,10(15,16)17)18-7-4-2-6(11)3-5-7/h2-5H,1H3. The van der Waals surface area contributed by atoms with E-state index in [-0.39, 0.29) is 6.92 Å². The number of halogens is 7. The quantitative estimate of drug-likeness (QED) is 0.739. The van der Waals surface area contributed by atoms with Gasteiger partial charge in [-0.3, -0.25) is 0 Å². The zero-order valence-corrected chi connectivity index (χ0v) is 8.86. The maximum absolute atomic E-state index is 12.5. The Morgan fingerprint density at radius 2 is 1.22 bits per heavy atom. The third-order valence-electron chi connectivity index (χ3n) is 2.22. The summed E-state index contributed by atoms with van der Waals surface area (Å²) in [5.41, 5.74) is -4.35. The van der Waals surface area contributed by atoms with Crippen LogP contribution < -0.4 is 4.74 Å². The van der Waals surface area contributed by atoms with Crippen molar-refractivity contribution in [2.24, 2.45) is 0 Å². The first-order valence-electron chi connectivity index (χ1n) is 4.55. The fraction of sp³-hybridized carbons (Fsp3) is 0.400. The second-order valence-corrected chi connectivity index (χ2v) is 3.58. The number of hydrogen-bond donors (Lipinski definition) is 0. The van der Waals surface area contributed by atoms with E-state index in [0.717, 1.165) is 0 Å². The van der Waals surface area contributed by atoms with Crippen LogP contribution in [0, 0.1) is 5.82 Å². The summed E-state index contributed by atoms with van der Waals surface area (Å²) in [5.74, 6) is -1.53. The largest absolute Gasteiger partial charge is 0.469 e. The minimum Gasteiger partial charge on any atom is -0.469 e. The van der Waals surface area contributed by atoms with Gasteiger partial charge in [0.15, 0.2) is 0 Å². The predicted octanol–water partition coefficient (Wildman–Crippen LogP) is 4.09. The van der Waals surface area contributed by atoms with Crippen molar-refractivity contribution in [3.63, 3.8) is 0 Å². The summed E-state index contributed by atoms with van der Waals surface area (Å²) in [7, 11) is 0. The maximum atomic E-state index is 12.5. The predicted molar refractivity (Wildman–Crippen MR) is 47.5 cm³/mol. The van der Waals surface area contributed by atoms with Crippen molar-refractivity contribution in [3.8, 4) is 5.75 Å². The molecule has 1 nitrogen and oxygen atoms in total. The molecule has 8 heteroatoms. The molecule has 0 heterocycles. The first-order valence-corrected chi connectivity index (χ1v) is 4.55. The van der Waals surface area contributed by atoms with E-state index >= 15 is 0 Å². The van der Waals surface area contributed by atoms with Gasteiger partial charge in [-0.2, -0.15) is 26.3 Å². The first kappa shape index (κ1) is 14.6. The van der Waals surface area contributed by atoms with Crippen LogP contribution in [0.25, 0.3) is 0 Å². The van der Waals surface area contributed by atoms with E-state index in [2.05, 4.69) is 4.74 Å². The summed E-state index contributed by atoms with van der Waals surface area (Å²) >= 11 is 0. The van der Waals surface area contributed by atoms with Gasteiger partial charge in [0.2, 0.25) is 0 Å². The minimum atomic E-state index is -5.65. The molecule has 0 unspecified atom stereocenters. The lowest BCUT2D eigenvalue weighted by atomic mass is 10.1. The van der Waals surface area contributed by atoms with Crippen LogP contribution in [-0.4, -0.2) is 18.0 Å². The number of ether oxygens (including phenoxy) is 1. The molecule has 0 radical (unpaired) electrons. The second-order valence-electron chi connectivity index (χ2n) is 3.58. The molecule has 0 saturated heterocycles. The maximum Gasteiger partial charge on any atom is 0.437 e. The number of hydrogen-bond acceptors (Lipinski definition) is 1. The molecule has 0 fully saturated rings. The Morgan fingerprint density at radius 1 is 0.833 bits per heavy atom. The molecular weight excluding hydrogens is 269 g/mol. The highest BCUT2D eigenvalue weighted by Crippen LogP contribution is 2.45. The average molecular weight is 276 g/mol. The lowest BCUT2D eigenvalue weighted by Gasteiger charge is -2.34. The fourth-order valence-corrected chi connectivity index (χ4v) is 1.01. The summed E-state index contributed by atoms with van der Waals surface area (Å²) in [4.78, 5) is 0. The van der Waals surface area contributed by atoms with Crippen molar-refractivity contribution in [1.29, 1.82) is 0 Å². The average Bonchev–Trinajstić information content (AvgIpc) is 2.18. The van der Waals surface area contributed by atoms with Gasteiger partial charge in [0.05, 0.1) is 0 Å². The molecule has 0 N–H and O–H groups in total. The van der Waals surface area contributed by atoms with E-state index in [4.69, 9.17) is 0 Å². The van der Waals surface area contributed by atoms with Gasteiger partial charge in [-0.25, -0.2) is 4.39 Å².